The summed E-state index contributed by atoms with van der Waals surface area (Å²) in [4.78, 5) is 36.3. The summed E-state index contributed by atoms with van der Waals surface area (Å²) in [6.07, 6.45) is 3.71. The summed E-state index contributed by atoms with van der Waals surface area (Å²) >= 11 is 0. The molecule has 0 spiro atoms. The number of carbonyl (C=O) groups excluding carboxylic acids is 2. The Bertz CT molecular complexity index is 1170. The van der Waals surface area contributed by atoms with Gasteiger partial charge in [-0.05, 0) is 25.0 Å². The number of carbonyl (C=O) groups is 2. The number of hydrogen-bond acceptors (Lipinski definition) is 8. The molecule has 2 aliphatic rings. The van der Waals surface area contributed by atoms with E-state index in [4.69, 9.17) is 24.5 Å². The highest BCUT2D eigenvalue weighted by molar-refractivity contribution is 5.91. The molecule has 2 fully saturated rings. The summed E-state index contributed by atoms with van der Waals surface area (Å²) in [5.74, 6) is 0.648. The van der Waals surface area contributed by atoms with Gasteiger partial charge >= 0.3 is 6.09 Å². The zero-order valence-corrected chi connectivity index (χ0v) is 19.0. The maximum Gasteiger partial charge on any atom is 0.409 e. The second-order valence-corrected chi connectivity index (χ2v) is 8.33. The molecule has 0 atom stereocenters. The Morgan fingerprint density at radius 1 is 1.12 bits per heavy atom. The minimum atomic E-state index is -0.296. The van der Waals surface area contributed by atoms with Crippen molar-refractivity contribution in [3.05, 3.63) is 30.5 Å². The predicted octanol–water partition coefficient (Wildman–Crippen LogP) is 2.30. The third-order valence-corrected chi connectivity index (χ3v) is 6.36. The van der Waals surface area contributed by atoms with E-state index in [0.29, 0.717) is 44.3 Å². The Kier molecular flexibility index (Phi) is 6.26. The average molecular weight is 466 g/mol. The number of fused-ring (bicyclic) bond motifs is 1. The molecule has 1 N–H and O–H groups in total. The molecular weight excluding hydrogens is 438 g/mol. The Hall–Kier alpha value is -3.73. The number of morpholine rings is 1. The van der Waals surface area contributed by atoms with Crippen molar-refractivity contribution in [1.29, 1.82) is 0 Å². The van der Waals surface area contributed by atoms with Gasteiger partial charge in [0.2, 0.25) is 12.4 Å². The van der Waals surface area contributed by atoms with Gasteiger partial charge in [0, 0.05) is 37.4 Å². The van der Waals surface area contributed by atoms with Crippen molar-refractivity contribution in [1.82, 2.24) is 24.6 Å². The molecule has 2 amide bonds. The normalized spacial score (nSPS) is 17.1. The second-order valence-electron chi connectivity index (χ2n) is 8.33. The fraction of sp³-hybridized carbons (Fsp3) is 0.435. The Labute approximate surface area is 196 Å². The molecular formula is C23H27N7O4. The molecule has 2 saturated heterocycles. The zero-order valence-electron chi connectivity index (χ0n) is 19.0. The topological polar surface area (TPSA) is 115 Å². The van der Waals surface area contributed by atoms with Crippen molar-refractivity contribution in [2.75, 3.05) is 56.7 Å². The number of hydrogen-bond donors (Lipinski definition) is 1. The number of nitrogens with one attached hydrogen (secondary N) is 1. The molecule has 1 aromatic carbocycles. The van der Waals surface area contributed by atoms with Crippen LogP contribution in [-0.4, -0.2) is 83.7 Å². The van der Waals surface area contributed by atoms with E-state index in [1.807, 2.05) is 35.1 Å². The molecule has 5 rings (SSSR count). The average Bonchev–Trinajstić information content (AvgIpc) is 3.33. The molecule has 34 heavy (non-hydrogen) atoms. The summed E-state index contributed by atoms with van der Waals surface area (Å²) in [5.41, 5.74) is 3.20. The maximum absolute atomic E-state index is 11.9. The monoisotopic (exact) mass is 465 g/mol. The summed E-state index contributed by atoms with van der Waals surface area (Å²) in [7, 11) is 1.41. The van der Waals surface area contributed by atoms with E-state index < -0.39 is 0 Å². The third-order valence-electron chi connectivity index (χ3n) is 6.36. The molecule has 0 bridgehead atoms. The van der Waals surface area contributed by atoms with Crippen molar-refractivity contribution in [2.45, 2.75) is 18.9 Å². The first-order chi connectivity index (χ1) is 16.7. The van der Waals surface area contributed by atoms with E-state index in [-0.39, 0.29) is 12.1 Å². The molecule has 0 unspecified atom stereocenters. The molecule has 4 heterocycles. The molecule has 3 aromatic rings. The molecule has 0 aliphatic carbocycles. The zero-order chi connectivity index (χ0) is 23.5. The van der Waals surface area contributed by atoms with Crippen LogP contribution in [0.5, 0.6) is 0 Å². The Morgan fingerprint density at radius 2 is 1.85 bits per heavy atom. The van der Waals surface area contributed by atoms with Gasteiger partial charge in [0.25, 0.3) is 0 Å². The van der Waals surface area contributed by atoms with Crippen molar-refractivity contribution in [2.24, 2.45) is 0 Å². The molecule has 0 radical (unpaired) electrons. The molecule has 2 aromatic heterocycles. The fourth-order valence-electron chi connectivity index (χ4n) is 4.52. The number of amides is 2. The lowest BCUT2D eigenvalue weighted by Gasteiger charge is -2.31. The highest BCUT2D eigenvalue weighted by Gasteiger charge is 2.27. The van der Waals surface area contributed by atoms with Gasteiger partial charge in [-0.1, -0.05) is 12.1 Å². The number of methoxy groups -OCH3 is 1. The lowest BCUT2D eigenvalue weighted by atomic mass is 10.1. The number of likely N-dealkylation sites (tertiary alicyclic amines) is 1. The number of nitrogens with zero attached hydrogens (tertiary/aromatic N) is 6. The van der Waals surface area contributed by atoms with E-state index in [1.54, 1.807) is 4.90 Å². The standard InChI is InChI=1S/C23H27N7O4/c1-33-23(32)29-8-6-18(7-9-29)30-21-19(14-25-30)20(16-2-4-17(5-3-16)24-15-31)26-22(27-21)28-10-12-34-13-11-28/h2-5,14-15,18H,6-13H2,1H3,(H,24,31). The fourth-order valence-corrected chi connectivity index (χ4v) is 4.52. The molecule has 11 heteroatoms. The van der Waals surface area contributed by atoms with Gasteiger partial charge in [0.15, 0.2) is 5.65 Å². The van der Waals surface area contributed by atoms with E-state index in [0.717, 1.165) is 48.2 Å². The van der Waals surface area contributed by atoms with Gasteiger partial charge in [0.1, 0.15) is 0 Å². The van der Waals surface area contributed by atoms with Crippen molar-refractivity contribution in [3.63, 3.8) is 0 Å². The van der Waals surface area contributed by atoms with Crippen LogP contribution in [0.4, 0.5) is 16.4 Å². The van der Waals surface area contributed by atoms with Crippen LogP contribution < -0.4 is 10.2 Å². The van der Waals surface area contributed by atoms with E-state index in [2.05, 4.69) is 10.2 Å². The van der Waals surface area contributed by atoms with Crippen LogP contribution in [0.3, 0.4) is 0 Å². The van der Waals surface area contributed by atoms with Crippen LogP contribution >= 0.6 is 0 Å². The highest BCUT2D eigenvalue weighted by Crippen LogP contribution is 2.32. The second kappa shape index (κ2) is 9.64. The number of rotatable bonds is 5. The van der Waals surface area contributed by atoms with Gasteiger partial charge in [-0.25, -0.2) is 14.5 Å². The van der Waals surface area contributed by atoms with Gasteiger partial charge in [0.05, 0.1) is 43.6 Å². The summed E-state index contributed by atoms with van der Waals surface area (Å²) in [5, 5.41) is 8.23. The minimum Gasteiger partial charge on any atom is -0.453 e. The quantitative estimate of drug-likeness (QED) is 0.571. The first-order valence-corrected chi connectivity index (χ1v) is 11.4. The van der Waals surface area contributed by atoms with Gasteiger partial charge in [-0.15, -0.1) is 0 Å². The lowest BCUT2D eigenvalue weighted by molar-refractivity contribution is -0.105. The van der Waals surface area contributed by atoms with Crippen LogP contribution in [0.15, 0.2) is 30.5 Å². The predicted molar refractivity (Wildman–Crippen MR) is 126 cm³/mol. The van der Waals surface area contributed by atoms with Crippen LogP contribution in [0.1, 0.15) is 18.9 Å². The smallest absolute Gasteiger partial charge is 0.409 e. The van der Waals surface area contributed by atoms with Gasteiger partial charge in [-0.3, -0.25) is 4.79 Å². The molecule has 11 nitrogen and oxygen atoms in total. The van der Waals surface area contributed by atoms with Gasteiger partial charge < -0.3 is 24.6 Å². The van der Waals surface area contributed by atoms with Crippen molar-refractivity contribution < 1.29 is 19.1 Å². The van der Waals surface area contributed by atoms with Crippen molar-refractivity contribution >= 4 is 35.2 Å². The number of ether oxygens (including phenoxy) is 2. The molecule has 178 valence electrons. The number of aromatic nitrogens is 4. The number of benzene rings is 1. The highest BCUT2D eigenvalue weighted by atomic mass is 16.5. The first kappa shape index (κ1) is 22.1. The first-order valence-electron chi connectivity index (χ1n) is 11.4. The number of anilines is 2. The van der Waals surface area contributed by atoms with E-state index >= 15 is 0 Å². The summed E-state index contributed by atoms with van der Waals surface area (Å²) in [6.45, 7) is 3.93. The Balaban J connectivity index is 1.53. The van der Waals surface area contributed by atoms with Crippen LogP contribution in [0.2, 0.25) is 0 Å². The van der Waals surface area contributed by atoms with Gasteiger partial charge in [-0.2, -0.15) is 10.1 Å². The van der Waals surface area contributed by atoms with E-state index in [9.17, 15) is 9.59 Å². The summed E-state index contributed by atoms with van der Waals surface area (Å²) in [6, 6.07) is 7.68. The van der Waals surface area contributed by atoms with Crippen LogP contribution in [0.25, 0.3) is 22.3 Å². The summed E-state index contributed by atoms with van der Waals surface area (Å²) < 4.78 is 12.3. The largest absolute Gasteiger partial charge is 0.453 e. The minimum absolute atomic E-state index is 0.123. The van der Waals surface area contributed by atoms with Crippen LogP contribution in [-0.2, 0) is 14.3 Å². The molecule has 0 saturated carbocycles. The van der Waals surface area contributed by atoms with E-state index in [1.165, 1.54) is 7.11 Å². The maximum atomic E-state index is 11.9. The SMILES string of the molecule is COC(=O)N1CCC(n2ncc3c(-c4ccc(NC=O)cc4)nc(N4CCOCC4)nc32)CC1. The third kappa shape index (κ3) is 4.26. The van der Waals surface area contributed by atoms with Crippen LogP contribution in [0, 0.1) is 0 Å². The van der Waals surface area contributed by atoms with Crippen molar-refractivity contribution in [3.8, 4) is 11.3 Å². The number of piperidine rings is 1. The Morgan fingerprint density at radius 3 is 2.53 bits per heavy atom. The lowest BCUT2D eigenvalue weighted by Crippen LogP contribution is -2.39. The molecule has 2 aliphatic heterocycles.